The first-order valence-corrected chi connectivity index (χ1v) is 5.07. The summed E-state index contributed by atoms with van der Waals surface area (Å²) >= 11 is 0. The zero-order valence-electron chi connectivity index (χ0n) is 9.40. The second-order valence-electron chi connectivity index (χ2n) is 3.68. The summed E-state index contributed by atoms with van der Waals surface area (Å²) in [5, 5.41) is 0. The first kappa shape index (κ1) is 10.5. The van der Waals surface area contributed by atoms with Crippen molar-refractivity contribution in [2.24, 2.45) is 0 Å². The Morgan fingerprint density at radius 1 is 1.19 bits per heavy atom. The van der Waals surface area contributed by atoms with Crippen molar-refractivity contribution in [3.8, 4) is 17.0 Å². The highest BCUT2D eigenvalue weighted by Crippen LogP contribution is 2.28. The van der Waals surface area contributed by atoms with Crippen LogP contribution in [0.25, 0.3) is 11.1 Å². The normalized spacial score (nSPS) is 10.1. The molecule has 3 nitrogen and oxygen atoms in total. The van der Waals surface area contributed by atoms with Gasteiger partial charge >= 0.3 is 0 Å². The van der Waals surface area contributed by atoms with E-state index < -0.39 is 0 Å². The molecule has 0 bridgehead atoms. The van der Waals surface area contributed by atoms with Crippen molar-refractivity contribution in [3.05, 3.63) is 42.1 Å². The van der Waals surface area contributed by atoms with Crippen LogP contribution in [0.4, 0.5) is 5.69 Å². The molecule has 0 saturated carbocycles. The quantitative estimate of drug-likeness (QED) is 0.782. The molecule has 1 aromatic heterocycles. The number of aryl methyl sites for hydroxylation is 1. The van der Waals surface area contributed by atoms with Crippen LogP contribution in [0.15, 0.2) is 36.5 Å². The summed E-state index contributed by atoms with van der Waals surface area (Å²) < 4.78 is 5.09. The van der Waals surface area contributed by atoms with Crippen LogP contribution in [0.1, 0.15) is 5.56 Å². The molecule has 82 valence electrons. The number of anilines is 1. The van der Waals surface area contributed by atoms with Gasteiger partial charge in [-0.25, -0.2) is 4.98 Å². The lowest BCUT2D eigenvalue weighted by molar-refractivity contribution is 0.398. The Labute approximate surface area is 94.9 Å². The van der Waals surface area contributed by atoms with E-state index in [-0.39, 0.29) is 0 Å². The third-order valence-electron chi connectivity index (χ3n) is 2.46. The van der Waals surface area contributed by atoms with E-state index in [0.29, 0.717) is 5.88 Å². The molecule has 2 aromatic rings. The van der Waals surface area contributed by atoms with E-state index in [1.54, 1.807) is 13.3 Å². The average Bonchev–Trinajstić information content (AvgIpc) is 2.32. The summed E-state index contributed by atoms with van der Waals surface area (Å²) in [6, 6.07) is 9.78. The number of nitrogens with two attached hydrogens (primary N) is 1. The van der Waals surface area contributed by atoms with Gasteiger partial charge in [0.15, 0.2) is 0 Å². The maximum Gasteiger partial charge on any atom is 0.213 e. The Balaban J connectivity index is 2.53. The number of hydrogen-bond acceptors (Lipinski definition) is 3. The Morgan fingerprint density at radius 3 is 2.75 bits per heavy atom. The maximum atomic E-state index is 5.95. The summed E-state index contributed by atoms with van der Waals surface area (Å²) in [6.45, 7) is 2.04. The van der Waals surface area contributed by atoms with Crippen molar-refractivity contribution >= 4 is 5.69 Å². The summed E-state index contributed by atoms with van der Waals surface area (Å²) in [7, 11) is 1.60. The number of nitrogen functional groups attached to an aromatic ring is 1. The molecule has 0 aliphatic carbocycles. The Bertz CT molecular complexity index is 509. The van der Waals surface area contributed by atoms with Crippen molar-refractivity contribution in [1.29, 1.82) is 0 Å². The average molecular weight is 214 g/mol. The number of benzene rings is 1. The minimum atomic E-state index is 0.596. The lowest BCUT2D eigenvalue weighted by Crippen LogP contribution is -1.92. The molecule has 0 fully saturated rings. The smallest absolute Gasteiger partial charge is 0.213 e. The van der Waals surface area contributed by atoms with Crippen LogP contribution in [0.3, 0.4) is 0 Å². The molecule has 1 aromatic carbocycles. The van der Waals surface area contributed by atoms with Crippen LogP contribution in [0, 0.1) is 6.92 Å². The van der Waals surface area contributed by atoms with Gasteiger partial charge in [-0.1, -0.05) is 11.6 Å². The lowest BCUT2D eigenvalue weighted by atomic mass is 10.0. The van der Waals surface area contributed by atoms with Gasteiger partial charge in [-0.2, -0.15) is 0 Å². The van der Waals surface area contributed by atoms with Crippen LogP contribution in [-0.2, 0) is 0 Å². The fourth-order valence-electron chi connectivity index (χ4n) is 1.61. The Hall–Kier alpha value is -2.03. The molecule has 0 aliphatic rings. The van der Waals surface area contributed by atoms with Gasteiger partial charge in [0.1, 0.15) is 0 Å². The highest BCUT2D eigenvalue weighted by atomic mass is 16.5. The summed E-state index contributed by atoms with van der Waals surface area (Å²) in [6.07, 6.45) is 1.72. The van der Waals surface area contributed by atoms with Crippen molar-refractivity contribution in [1.82, 2.24) is 4.98 Å². The highest BCUT2D eigenvalue weighted by molar-refractivity contribution is 5.77. The van der Waals surface area contributed by atoms with Crippen molar-refractivity contribution in [3.63, 3.8) is 0 Å². The molecule has 1 heterocycles. The number of pyridine rings is 1. The van der Waals surface area contributed by atoms with Gasteiger partial charge in [0.2, 0.25) is 5.88 Å². The zero-order valence-corrected chi connectivity index (χ0v) is 9.40. The van der Waals surface area contributed by atoms with Crippen molar-refractivity contribution in [2.45, 2.75) is 6.92 Å². The maximum absolute atomic E-state index is 5.95. The molecule has 0 spiro atoms. The van der Waals surface area contributed by atoms with Crippen LogP contribution in [0.2, 0.25) is 0 Å². The van der Waals surface area contributed by atoms with Gasteiger partial charge < -0.3 is 10.5 Å². The van der Waals surface area contributed by atoms with E-state index in [0.717, 1.165) is 16.8 Å². The monoisotopic (exact) mass is 214 g/mol. The van der Waals surface area contributed by atoms with E-state index in [1.165, 1.54) is 5.56 Å². The van der Waals surface area contributed by atoms with Gasteiger partial charge in [0.25, 0.3) is 0 Å². The van der Waals surface area contributed by atoms with E-state index >= 15 is 0 Å². The lowest BCUT2D eigenvalue weighted by Gasteiger charge is -2.08. The second-order valence-corrected chi connectivity index (χ2v) is 3.68. The van der Waals surface area contributed by atoms with Crippen LogP contribution in [0.5, 0.6) is 5.88 Å². The van der Waals surface area contributed by atoms with Crippen LogP contribution in [-0.4, -0.2) is 12.1 Å². The number of nitrogens with zero attached hydrogens (tertiary/aromatic N) is 1. The van der Waals surface area contributed by atoms with Crippen molar-refractivity contribution in [2.75, 3.05) is 12.8 Å². The number of ether oxygens (including phenoxy) is 1. The predicted octanol–water partition coefficient (Wildman–Crippen LogP) is 2.65. The SMILES string of the molecule is COc1cc(-c2cc(C)ccc2N)ccn1. The fourth-order valence-corrected chi connectivity index (χ4v) is 1.61. The van der Waals surface area contributed by atoms with Gasteiger partial charge in [-0.05, 0) is 30.7 Å². The third kappa shape index (κ3) is 1.98. The molecule has 0 saturated heterocycles. The largest absolute Gasteiger partial charge is 0.481 e. The van der Waals surface area contributed by atoms with Gasteiger partial charge in [-0.15, -0.1) is 0 Å². The molecule has 2 rings (SSSR count). The molecule has 16 heavy (non-hydrogen) atoms. The van der Waals surface area contributed by atoms with Crippen molar-refractivity contribution < 1.29 is 4.74 Å². The number of methoxy groups -OCH3 is 1. The summed E-state index contributed by atoms with van der Waals surface area (Å²) in [5.74, 6) is 0.596. The molecule has 2 N–H and O–H groups in total. The molecule has 0 unspecified atom stereocenters. The molecule has 0 radical (unpaired) electrons. The predicted molar refractivity (Wildman–Crippen MR) is 65.4 cm³/mol. The van der Waals surface area contributed by atoms with E-state index in [1.807, 2.05) is 31.2 Å². The van der Waals surface area contributed by atoms with Gasteiger partial charge in [0, 0.05) is 23.5 Å². The standard InChI is InChI=1S/C13H14N2O/c1-9-3-4-12(14)11(7-9)10-5-6-15-13(8-10)16-2/h3-8H,14H2,1-2H3. The summed E-state index contributed by atoms with van der Waals surface area (Å²) in [5.41, 5.74) is 9.93. The number of hydrogen-bond donors (Lipinski definition) is 1. The molecule has 0 aliphatic heterocycles. The Kier molecular flexibility index (Phi) is 2.77. The zero-order chi connectivity index (χ0) is 11.5. The molecular weight excluding hydrogens is 200 g/mol. The fraction of sp³-hybridized carbons (Fsp3) is 0.154. The first-order chi connectivity index (χ1) is 7.70. The molecule has 0 atom stereocenters. The molecule has 3 heteroatoms. The topological polar surface area (TPSA) is 48.1 Å². The van der Waals surface area contributed by atoms with E-state index in [4.69, 9.17) is 10.5 Å². The molecule has 0 amide bonds. The van der Waals surface area contributed by atoms with E-state index in [2.05, 4.69) is 11.1 Å². The van der Waals surface area contributed by atoms with Gasteiger partial charge in [-0.3, -0.25) is 0 Å². The first-order valence-electron chi connectivity index (χ1n) is 5.07. The minimum absolute atomic E-state index is 0.596. The minimum Gasteiger partial charge on any atom is -0.481 e. The third-order valence-corrected chi connectivity index (χ3v) is 2.46. The highest BCUT2D eigenvalue weighted by Gasteiger charge is 2.04. The number of aromatic nitrogens is 1. The van der Waals surface area contributed by atoms with Crippen LogP contribution < -0.4 is 10.5 Å². The van der Waals surface area contributed by atoms with Crippen LogP contribution >= 0.6 is 0 Å². The number of rotatable bonds is 2. The molecular formula is C13H14N2O. The summed E-state index contributed by atoms with van der Waals surface area (Å²) in [4.78, 5) is 4.07. The van der Waals surface area contributed by atoms with E-state index in [9.17, 15) is 0 Å². The second kappa shape index (κ2) is 4.23. The Morgan fingerprint density at radius 2 is 2.00 bits per heavy atom. The van der Waals surface area contributed by atoms with Gasteiger partial charge in [0.05, 0.1) is 7.11 Å².